The molecule has 2 rings (SSSR count). The van der Waals surface area contributed by atoms with Crippen LogP contribution in [0.25, 0.3) is 0 Å². The molecule has 27 heavy (non-hydrogen) atoms. The third kappa shape index (κ3) is 4.71. The molecular formula is C17H17O9P-2. The zero-order valence-electron chi connectivity index (χ0n) is 15.0. The normalized spacial score (nSPS) is 10.9. The summed E-state index contributed by atoms with van der Waals surface area (Å²) in [6.07, 6.45) is 0. The van der Waals surface area contributed by atoms with Gasteiger partial charge in [0, 0.05) is 11.1 Å². The number of rotatable bonds is 8. The Bertz CT molecular complexity index is 863. The summed E-state index contributed by atoms with van der Waals surface area (Å²) in [5.74, 6) is -0.0302. The molecule has 0 amide bonds. The van der Waals surface area contributed by atoms with E-state index in [2.05, 4.69) is 4.52 Å². The maximum Gasteiger partial charge on any atom is 0.203 e. The maximum atomic E-state index is 12.8. The van der Waals surface area contributed by atoms with Gasteiger partial charge in [-0.3, -0.25) is 4.79 Å². The van der Waals surface area contributed by atoms with Crippen LogP contribution in [0.15, 0.2) is 30.3 Å². The van der Waals surface area contributed by atoms with E-state index < -0.39 is 13.6 Å². The molecule has 0 spiro atoms. The molecule has 0 radical (unpaired) electrons. The van der Waals surface area contributed by atoms with E-state index in [0.29, 0.717) is 5.75 Å². The fourth-order valence-electron chi connectivity index (χ4n) is 2.39. The summed E-state index contributed by atoms with van der Waals surface area (Å²) in [5.41, 5.74) is 0.251. The van der Waals surface area contributed by atoms with Crippen molar-refractivity contribution in [3.63, 3.8) is 0 Å². The quantitative estimate of drug-likeness (QED) is 0.477. The smallest absolute Gasteiger partial charge is 0.203 e. The van der Waals surface area contributed by atoms with Crippen molar-refractivity contribution in [1.82, 2.24) is 0 Å². The number of hydrogen-bond donors (Lipinski definition) is 0. The SMILES string of the molecule is COc1ccc(C(=O)c2cc(OC)c(OC)c(OC)c2)cc1OP(=O)([O-])[O-]. The van der Waals surface area contributed by atoms with Crippen LogP contribution in [0.3, 0.4) is 0 Å². The van der Waals surface area contributed by atoms with Crippen molar-refractivity contribution >= 4 is 13.6 Å². The summed E-state index contributed by atoms with van der Waals surface area (Å²) in [7, 11) is 0.179. The number of hydrogen-bond acceptors (Lipinski definition) is 9. The first-order valence-corrected chi connectivity index (χ1v) is 8.94. The Kier molecular flexibility index (Phi) is 6.32. The highest BCUT2D eigenvalue weighted by Crippen LogP contribution is 2.40. The molecule has 0 saturated carbocycles. The van der Waals surface area contributed by atoms with Crippen LogP contribution in [-0.4, -0.2) is 34.2 Å². The standard InChI is InChI=1S/C17H19O9P/c1-22-12-6-5-10(7-13(12)26-27(19,20)21)16(18)11-8-14(23-2)17(25-4)15(9-11)24-3/h5-9H,1-4H3,(H2,19,20,21)/p-2. The van der Waals surface area contributed by atoms with Crippen LogP contribution in [0.4, 0.5) is 0 Å². The molecule has 0 saturated heterocycles. The van der Waals surface area contributed by atoms with Crippen LogP contribution >= 0.6 is 7.82 Å². The van der Waals surface area contributed by atoms with Gasteiger partial charge in [0.05, 0.1) is 28.4 Å². The lowest BCUT2D eigenvalue weighted by Gasteiger charge is -2.29. The minimum atomic E-state index is -5.33. The maximum absolute atomic E-state index is 12.8. The van der Waals surface area contributed by atoms with Gasteiger partial charge in [-0.15, -0.1) is 0 Å². The van der Waals surface area contributed by atoms with Gasteiger partial charge in [-0.1, -0.05) is 0 Å². The number of ether oxygens (including phenoxy) is 4. The van der Waals surface area contributed by atoms with Gasteiger partial charge in [-0.25, -0.2) is 0 Å². The van der Waals surface area contributed by atoms with E-state index >= 15 is 0 Å². The van der Waals surface area contributed by atoms with E-state index in [-0.39, 0.29) is 34.1 Å². The monoisotopic (exact) mass is 396 g/mol. The highest BCUT2D eigenvalue weighted by molar-refractivity contribution is 7.43. The Morgan fingerprint density at radius 1 is 0.778 bits per heavy atom. The van der Waals surface area contributed by atoms with E-state index in [0.717, 1.165) is 6.07 Å². The fraction of sp³-hybridized carbons (Fsp3) is 0.235. The zero-order chi connectivity index (χ0) is 20.2. The predicted octanol–water partition coefficient (Wildman–Crippen LogP) is 1.16. The fourth-order valence-corrected chi connectivity index (χ4v) is 2.77. The lowest BCUT2D eigenvalue weighted by Crippen LogP contribution is -2.19. The van der Waals surface area contributed by atoms with E-state index in [1.165, 1.54) is 52.7 Å². The average Bonchev–Trinajstić information content (AvgIpc) is 2.64. The first kappa shape index (κ1) is 20.6. The zero-order valence-corrected chi connectivity index (χ0v) is 15.9. The molecule has 0 fully saturated rings. The number of carbonyl (C=O) groups is 1. The van der Waals surface area contributed by atoms with Gasteiger partial charge in [-0.05, 0) is 30.3 Å². The van der Waals surface area contributed by atoms with E-state index in [1.807, 2.05) is 0 Å². The third-order valence-electron chi connectivity index (χ3n) is 3.56. The van der Waals surface area contributed by atoms with Gasteiger partial charge in [0.25, 0.3) is 0 Å². The first-order chi connectivity index (χ1) is 12.7. The van der Waals surface area contributed by atoms with Gasteiger partial charge in [0.15, 0.2) is 28.8 Å². The molecule has 2 aromatic carbocycles. The van der Waals surface area contributed by atoms with Crippen molar-refractivity contribution < 1.29 is 42.6 Å². The van der Waals surface area contributed by atoms with Gasteiger partial charge < -0.3 is 37.8 Å². The molecule has 0 unspecified atom stereocenters. The summed E-state index contributed by atoms with van der Waals surface area (Å²) < 4.78 is 35.9. The van der Waals surface area contributed by atoms with Crippen LogP contribution in [-0.2, 0) is 4.57 Å². The lowest BCUT2D eigenvalue weighted by molar-refractivity contribution is -0.333. The third-order valence-corrected chi connectivity index (χ3v) is 3.98. The van der Waals surface area contributed by atoms with E-state index in [4.69, 9.17) is 18.9 Å². The van der Waals surface area contributed by atoms with Gasteiger partial charge in [0.1, 0.15) is 7.82 Å². The van der Waals surface area contributed by atoms with Crippen molar-refractivity contribution in [3.05, 3.63) is 41.5 Å². The Morgan fingerprint density at radius 2 is 1.30 bits per heavy atom. The second-order valence-electron chi connectivity index (χ2n) is 5.15. The average molecular weight is 396 g/mol. The topological polar surface area (TPSA) is 126 Å². The highest BCUT2D eigenvalue weighted by atomic mass is 31.2. The first-order valence-electron chi connectivity index (χ1n) is 7.48. The molecule has 0 bridgehead atoms. The van der Waals surface area contributed by atoms with Gasteiger partial charge in [-0.2, -0.15) is 0 Å². The molecule has 0 heterocycles. The number of methoxy groups -OCH3 is 4. The molecule has 0 aromatic heterocycles. The van der Waals surface area contributed by atoms with Crippen molar-refractivity contribution in [1.29, 1.82) is 0 Å². The van der Waals surface area contributed by atoms with Crippen molar-refractivity contribution in [2.75, 3.05) is 28.4 Å². The van der Waals surface area contributed by atoms with E-state index in [1.54, 1.807) is 0 Å². The molecule has 2 aromatic rings. The Labute approximate surface area is 155 Å². The predicted molar refractivity (Wildman–Crippen MR) is 90.8 cm³/mol. The molecule has 0 atom stereocenters. The minimum Gasteiger partial charge on any atom is -0.780 e. The molecule has 0 aliphatic carbocycles. The Balaban J connectivity index is 2.51. The van der Waals surface area contributed by atoms with E-state index in [9.17, 15) is 19.1 Å². The minimum absolute atomic E-state index is 0.0108. The molecule has 0 aliphatic rings. The number of ketones is 1. The largest absolute Gasteiger partial charge is 0.780 e. The lowest BCUT2D eigenvalue weighted by atomic mass is 10.0. The van der Waals surface area contributed by atoms with Crippen molar-refractivity contribution in [3.8, 4) is 28.7 Å². The summed E-state index contributed by atoms with van der Waals surface area (Å²) >= 11 is 0. The Morgan fingerprint density at radius 3 is 1.74 bits per heavy atom. The second kappa shape index (κ2) is 8.30. The molecular weight excluding hydrogens is 379 g/mol. The van der Waals surface area contributed by atoms with Crippen LogP contribution in [0.1, 0.15) is 15.9 Å². The van der Waals surface area contributed by atoms with Gasteiger partial charge >= 0.3 is 0 Å². The molecule has 146 valence electrons. The van der Waals surface area contributed by atoms with Crippen LogP contribution in [0, 0.1) is 0 Å². The van der Waals surface area contributed by atoms with Crippen molar-refractivity contribution in [2.45, 2.75) is 0 Å². The second-order valence-corrected chi connectivity index (χ2v) is 6.22. The van der Waals surface area contributed by atoms with Crippen LogP contribution in [0.5, 0.6) is 28.7 Å². The van der Waals surface area contributed by atoms with Crippen molar-refractivity contribution in [2.24, 2.45) is 0 Å². The summed E-state index contributed by atoms with van der Waals surface area (Å²) in [6.45, 7) is 0. The van der Waals surface area contributed by atoms with Gasteiger partial charge in [0.2, 0.25) is 5.75 Å². The molecule has 0 aliphatic heterocycles. The van der Waals surface area contributed by atoms with Crippen LogP contribution in [0.2, 0.25) is 0 Å². The molecule has 10 heteroatoms. The molecule has 9 nitrogen and oxygen atoms in total. The number of benzene rings is 2. The number of carbonyl (C=O) groups excluding carboxylic acids is 1. The summed E-state index contributed by atoms with van der Waals surface area (Å²) in [5, 5.41) is 0. The Hall–Kier alpha value is -2.74. The molecule has 0 N–H and O–H groups in total. The van der Waals surface area contributed by atoms with Crippen LogP contribution < -0.4 is 33.3 Å². The highest BCUT2D eigenvalue weighted by Gasteiger charge is 2.19. The summed E-state index contributed by atoms with van der Waals surface area (Å²) in [4.78, 5) is 34.7. The number of phosphoric ester groups is 1. The summed E-state index contributed by atoms with van der Waals surface area (Å²) in [6, 6.07) is 6.71. The number of phosphoric acid groups is 1.